The van der Waals surface area contributed by atoms with Crippen LogP contribution in [0.15, 0.2) is 18.2 Å². The maximum atomic E-state index is 13.2. The zero-order chi connectivity index (χ0) is 14.5. The lowest BCUT2D eigenvalue weighted by atomic mass is 9.98. The third-order valence-electron chi connectivity index (χ3n) is 3.70. The Hall–Kier alpha value is -1.13. The van der Waals surface area contributed by atoms with E-state index in [9.17, 15) is 4.39 Å². The van der Waals surface area contributed by atoms with Crippen LogP contribution in [0.1, 0.15) is 38.8 Å². The summed E-state index contributed by atoms with van der Waals surface area (Å²) in [7, 11) is 0. The van der Waals surface area contributed by atoms with Crippen LogP contribution in [0.5, 0.6) is 5.75 Å². The van der Waals surface area contributed by atoms with Gasteiger partial charge in [-0.25, -0.2) is 4.39 Å². The van der Waals surface area contributed by atoms with Crippen molar-refractivity contribution in [3.05, 3.63) is 29.6 Å². The number of hydrogen-bond donors (Lipinski definition) is 0. The molecule has 2 atom stereocenters. The van der Waals surface area contributed by atoms with Gasteiger partial charge < -0.3 is 9.47 Å². The van der Waals surface area contributed by atoms with Gasteiger partial charge in [0.05, 0.1) is 19.3 Å². The second kappa shape index (κ2) is 7.04. The lowest BCUT2D eigenvalue weighted by molar-refractivity contribution is -0.0401. The van der Waals surface area contributed by atoms with E-state index in [0.717, 1.165) is 31.7 Å². The molecule has 4 heteroatoms. The van der Waals surface area contributed by atoms with E-state index in [4.69, 9.17) is 9.47 Å². The van der Waals surface area contributed by atoms with E-state index in [0.29, 0.717) is 18.4 Å². The minimum Gasteiger partial charge on any atom is -0.493 e. The SMILES string of the molecule is CC.C[C@@H]1CN(C2CCOc3cc(F)ccc32)CCO1. The summed E-state index contributed by atoms with van der Waals surface area (Å²) in [6, 6.07) is 5.20. The van der Waals surface area contributed by atoms with Gasteiger partial charge in [-0.15, -0.1) is 0 Å². The summed E-state index contributed by atoms with van der Waals surface area (Å²) >= 11 is 0. The van der Waals surface area contributed by atoms with Crippen LogP contribution in [0, 0.1) is 5.82 Å². The van der Waals surface area contributed by atoms with Crippen LogP contribution >= 0.6 is 0 Å². The average molecular weight is 281 g/mol. The second-order valence-electron chi connectivity index (χ2n) is 5.01. The zero-order valence-corrected chi connectivity index (χ0v) is 12.6. The molecule has 2 aliphatic rings. The van der Waals surface area contributed by atoms with Gasteiger partial charge in [0.15, 0.2) is 0 Å². The number of hydrogen-bond acceptors (Lipinski definition) is 3. The molecule has 1 saturated heterocycles. The number of halogens is 1. The van der Waals surface area contributed by atoms with Crippen molar-refractivity contribution in [2.45, 2.75) is 39.3 Å². The van der Waals surface area contributed by atoms with Crippen molar-refractivity contribution in [1.82, 2.24) is 4.90 Å². The monoisotopic (exact) mass is 281 g/mol. The molecule has 112 valence electrons. The molecule has 0 saturated carbocycles. The topological polar surface area (TPSA) is 21.7 Å². The molecule has 2 aliphatic heterocycles. The minimum atomic E-state index is -0.232. The van der Waals surface area contributed by atoms with Gasteiger partial charge in [0.25, 0.3) is 0 Å². The Bertz CT molecular complexity index is 438. The number of nitrogens with zero attached hydrogens (tertiary/aromatic N) is 1. The van der Waals surface area contributed by atoms with Crippen LogP contribution in [0.3, 0.4) is 0 Å². The molecule has 1 unspecified atom stereocenters. The molecule has 0 radical (unpaired) electrons. The molecule has 1 aromatic carbocycles. The summed E-state index contributed by atoms with van der Waals surface area (Å²) in [5.74, 6) is 0.468. The fourth-order valence-electron chi connectivity index (χ4n) is 2.85. The number of rotatable bonds is 1. The Kier molecular flexibility index (Phi) is 5.38. The number of morpholine rings is 1. The highest BCUT2D eigenvalue weighted by Gasteiger charge is 2.30. The summed E-state index contributed by atoms with van der Waals surface area (Å²) in [6.07, 6.45) is 1.23. The maximum Gasteiger partial charge on any atom is 0.126 e. The number of fused-ring (bicyclic) bond motifs is 1. The lowest BCUT2D eigenvalue weighted by Crippen LogP contribution is -2.44. The van der Waals surface area contributed by atoms with Gasteiger partial charge in [0.2, 0.25) is 0 Å². The molecule has 2 heterocycles. The van der Waals surface area contributed by atoms with Crippen LogP contribution in [-0.4, -0.2) is 37.3 Å². The highest BCUT2D eigenvalue weighted by Crippen LogP contribution is 2.36. The summed E-state index contributed by atoms with van der Waals surface area (Å²) in [5.41, 5.74) is 1.11. The summed E-state index contributed by atoms with van der Waals surface area (Å²) in [6.45, 7) is 9.40. The van der Waals surface area contributed by atoms with Crippen LogP contribution in [0.25, 0.3) is 0 Å². The van der Waals surface area contributed by atoms with Crippen LogP contribution in [0.2, 0.25) is 0 Å². The number of benzene rings is 1. The lowest BCUT2D eigenvalue weighted by Gasteiger charge is -2.39. The third kappa shape index (κ3) is 3.30. The van der Waals surface area contributed by atoms with E-state index < -0.39 is 0 Å². The summed E-state index contributed by atoms with van der Waals surface area (Å²) in [4.78, 5) is 2.42. The van der Waals surface area contributed by atoms with Gasteiger partial charge in [-0.05, 0) is 13.0 Å². The molecule has 0 spiro atoms. The van der Waals surface area contributed by atoms with Gasteiger partial charge in [-0.2, -0.15) is 0 Å². The van der Waals surface area contributed by atoms with Gasteiger partial charge in [0.1, 0.15) is 11.6 Å². The molecular formula is C16H24FNO2. The Labute approximate surface area is 120 Å². The fraction of sp³-hybridized carbons (Fsp3) is 0.625. The van der Waals surface area contributed by atoms with Crippen LogP contribution in [0.4, 0.5) is 4.39 Å². The molecule has 0 bridgehead atoms. The summed E-state index contributed by atoms with van der Waals surface area (Å²) < 4.78 is 24.3. The van der Waals surface area contributed by atoms with Crippen molar-refractivity contribution in [1.29, 1.82) is 0 Å². The van der Waals surface area contributed by atoms with Crippen molar-refractivity contribution in [3.8, 4) is 5.75 Å². The molecular weight excluding hydrogens is 257 g/mol. The molecule has 0 aromatic heterocycles. The highest BCUT2D eigenvalue weighted by molar-refractivity contribution is 5.38. The first kappa shape index (κ1) is 15.3. The van der Waals surface area contributed by atoms with Gasteiger partial charge in [0, 0.05) is 37.2 Å². The van der Waals surface area contributed by atoms with Crippen LogP contribution in [-0.2, 0) is 4.74 Å². The first-order valence-corrected chi connectivity index (χ1v) is 7.52. The van der Waals surface area contributed by atoms with Crippen molar-refractivity contribution >= 4 is 0 Å². The highest BCUT2D eigenvalue weighted by atomic mass is 19.1. The Morgan fingerprint density at radius 1 is 1.25 bits per heavy atom. The van der Waals surface area contributed by atoms with Gasteiger partial charge >= 0.3 is 0 Å². The normalized spacial score (nSPS) is 26.0. The first-order chi connectivity index (χ1) is 9.74. The van der Waals surface area contributed by atoms with E-state index in [1.807, 2.05) is 19.9 Å². The standard InChI is InChI=1S/C14H18FNO2.C2H6/c1-10-9-16(5-7-17-10)13-4-6-18-14-8-11(15)2-3-12(13)14;1-2/h2-3,8,10,13H,4-7,9H2,1H3;1-2H3/t10-,13?;/m1./s1. The largest absolute Gasteiger partial charge is 0.493 e. The predicted octanol–water partition coefficient (Wildman–Crippen LogP) is 3.40. The Morgan fingerprint density at radius 2 is 2.05 bits per heavy atom. The third-order valence-corrected chi connectivity index (χ3v) is 3.70. The molecule has 3 nitrogen and oxygen atoms in total. The zero-order valence-electron chi connectivity index (χ0n) is 12.6. The van der Waals surface area contributed by atoms with E-state index in [1.54, 1.807) is 0 Å². The second-order valence-corrected chi connectivity index (χ2v) is 5.01. The fourth-order valence-corrected chi connectivity index (χ4v) is 2.85. The summed E-state index contributed by atoms with van der Waals surface area (Å²) in [5, 5.41) is 0. The predicted molar refractivity (Wildman–Crippen MR) is 77.6 cm³/mol. The Balaban J connectivity index is 0.000000704. The molecule has 1 aromatic rings. The van der Waals surface area contributed by atoms with Crippen molar-refractivity contribution in [2.24, 2.45) is 0 Å². The minimum absolute atomic E-state index is 0.232. The van der Waals surface area contributed by atoms with Crippen molar-refractivity contribution < 1.29 is 13.9 Å². The molecule has 0 amide bonds. The average Bonchev–Trinajstić information content (AvgIpc) is 2.48. The smallest absolute Gasteiger partial charge is 0.126 e. The van der Waals surface area contributed by atoms with Gasteiger partial charge in [-0.3, -0.25) is 4.90 Å². The van der Waals surface area contributed by atoms with E-state index in [2.05, 4.69) is 11.8 Å². The van der Waals surface area contributed by atoms with Crippen molar-refractivity contribution in [2.75, 3.05) is 26.3 Å². The molecule has 20 heavy (non-hydrogen) atoms. The van der Waals surface area contributed by atoms with E-state index in [-0.39, 0.29) is 11.9 Å². The van der Waals surface area contributed by atoms with E-state index >= 15 is 0 Å². The number of ether oxygens (including phenoxy) is 2. The first-order valence-electron chi connectivity index (χ1n) is 7.52. The van der Waals surface area contributed by atoms with E-state index in [1.165, 1.54) is 12.1 Å². The van der Waals surface area contributed by atoms with Crippen molar-refractivity contribution in [3.63, 3.8) is 0 Å². The molecule has 3 rings (SSSR count). The van der Waals surface area contributed by atoms with Crippen LogP contribution < -0.4 is 4.74 Å². The molecule has 0 N–H and O–H groups in total. The molecule has 1 fully saturated rings. The quantitative estimate of drug-likeness (QED) is 0.787. The Morgan fingerprint density at radius 3 is 2.80 bits per heavy atom. The maximum absolute atomic E-state index is 13.2. The van der Waals surface area contributed by atoms with Gasteiger partial charge in [-0.1, -0.05) is 19.9 Å². The molecule has 0 aliphatic carbocycles.